The van der Waals surface area contributed by atoms with Gasteiger partial charge in [0, 0.05) is 6.42 Å². The molecule has 0 saturated heterocycles. The Kier molecular flexibility index (Phi) is 5.70. The molecule has 0 aliphatic carbocycles. The summed E-state index contributed by atoms with van der Waals surface area (Å²) >= 11 is 0. The Balaban J connectivity index is 2.09. The Morgan fingerprint density at radius 2 is 1.57 bits per heavy atom. The number of hydrogen-bond donors (Lipinski definition) is 1. The van der Waals surface area contributed by atoms with Crippen molar-refractivity contribution in [3.8, 4) is 11.1 Å². The lowest BCUT2D eigenvalue weighted by atomic mass is 9.98. The highest BCUT2D eigenvalue weighted by Crippen LogP contribution is 2.19. The molecule has 0 radical (unpaired) electrons. The molecule has 0 aliphatic rings. The SMILES string of the molecule is CCNC(Cc1ccc(-c2ccccc2)cc1)C(=O)CC. The Morgan fingerprint density at radius 1 is 0.952 bits per heavy atom. The van der Waals surface area contributed by atoms with Crippen LogP contribution in [-0.2, 0) is 11.2 Å². The van der Waals surface area contributed by atoms with Crippen LogP contribution in [0.3, 0.4) is 0 Å². The first-order valence-corrected chi connectivity index (χ1v) is 7.65. The lowest BCUT2D eigenvalue weighted by Gasteiger charge is -2.16. The highest BCUT2D eigenvalue weighted by atomic mass is 16.1. The van der Waals surface area contributed by atoms with E-state index in [1.165, 1.54) is 16.7 Å². The summed E-state index contributed by atoms with van der Waals surface area (Å²) in [5.74, 6) is 0.281. The fraction of sp³-hybridized carbons (Fsp3) is 0.316. The standard InChI is InChI=1S/C19H23NO/c1-3-19(21)18(20-4-2)14-15-10-12-17(13-11-15)16-8-6-5-7-9-16/h5-13,18,20H,3-4,14H2,1-2H3. The third-order valence-corrected chi connectivity index (χ3v) is 3.69. The second kappa shape index (κ2) is 7.75. The molecule has 2 nitrogen and oxygen atoms in total. The lowest BCUT2D eigenvalue weighted by Crippen LogP contribution is -2.38. The molecule has 0 bridgehead atoms. The molecular formula is C19H23NO. The Labute approximate surface area is 127 Å². The number of likely N-dealkylation sites (N-methyl/N-ethyl adjacent to an activating group) is 1. The van der Waals surface area contributed by atoms with E-state index in [4.69, 9.17) is 0 Å². The predicted octanol–water partition coefficient (Wildman–Crippen LogP) is 3.85. The van der Waals surface area contributed by atoms with Gasteiger partial charge in [-0.2, -0.15) is 0 Å². The second-order valence-electron chi connectivity index (χ2n) is 5.20. The Bertz CT molecular complexity index is 560. The zero-order valence-electron chi connectivity index (χ0n) is 12.8. The number of ketones is 1. The van der Waals surface area contributed by atoms with E-state index in [9.17, 15) is 4.79 Å². The zero-order valence-corrected chi connectivity index (χ0v) is 12.8. The average Bonchev–Trinajstić information content (AvgIpc) is 2.55. The van der Waals surface area contributed by atoms with Crippen molar-refractivity contribution in [2.75, 3.05) is 6.54 Å². The number of hydrogen-bond acceptors (Lipinski definition) is 2. The number of carbonyl (C=O) groups is 1. The van der Waals surface area contributed by atoms with Crippen LogP contribution in [0.1, 0.15) is 25.8 Å². The Morgan fingerprint density at radius 3 is 2.14 bits per heavy atom. The minimum atomic E-state index is -0.0671. The summed E-state index contributed by atoms with van der Waals surface area (Å²) < 4.78 is 0. The summed E-state index contributed by atoms with van der Waals surface area (Å²) in [6.07, 6.45) is 1.34. The fourth-order valence-electron chi connectivity index (χ4n) is 2.49. The van der Waals surface area contributed by atoms with Crippen molar-refractivity contribution in [1.29, 1.82) is 0 Å². The minimum Gasteiger partial charge on any atom is -0.307 e. The van der Waals surface area contributed by atoms with Crippen molar-refractivity contribution in [3.05, 3.63) is 60.2 Å². The molecule has 0 heterocycles. The normalized spacial score (nSPS) is 12.1. The molecule has 0 aliphatic heterocycles. The van der Waals surface area contributed by atoms with E-state index in [1.807, 2.05) is 32.0 Å². The first kappa shape index (κ1) is 15.5. The van der Waals surface area contributed by atoms with Crippen molar-refractivity contribution >= 4 is 5.78 Å². The van der Waals surface area contributed by atoms with Crippen LogP contribution >= 0.6 is 0 Å². The van der Waals surface area contributed by atoms with Gasteiger partial charge in [0.25, 0.3) is 0 Å². The van der Waals surface area contributed by atoms with Crippen LogP contribution < -0.4 is 5.32 Å². The number of nitrogens with one attached hydrogen (secondary N) is 1. The predicted molar refractivity (Wildman–Crippen MR) is 88.3 cm³/mol. The number of carbonyl (C=O) groups excluding carboxylic acids is 1. The second-order valence-corrected chi connectivity index (χ2v) is 5.20. The molecular weight excluding hydrogens is 258 g/mol. The van der Waals surface area contributed by atoms with E-state index >= 15 is 0 Å². The maximum absolute atomic E-state index is 11.9. The molecule has 0 aromatic heterocycles. The number of benzene rings is 2. The third kappa shape index (κ3) is 4.27. The molecule has 0 saturated carbocycles. The van der Waals surface area contributed by atoms with Gasteiger partial charge in [-0.25, -0.2) is 0 Å². The molecule has 1 atom stereocenters. The number of Topliss-reactive ketones (excluding diaryl/α,β-unsaturated/α-hetero) is 1. The van der Waals surface area contributed by atoms with Gasteiger partial charge >= 0.3 is 0 Å². The summed E-state index contributed by atoms with van der Waals surface area (Å²) in [4.78, 5) is 11.9. The maximum Gasteiger partial charge on any atom is 0.149 e. The van der Waals surface area contributed by atoms with E-state index in [0.717, 1.165) is 13.0 Å². The van der Waals surface area contributed by atoms with Crippen LogP contribution in [0.25, 0.3) is 11.1 Å². The average molecular weight is 281 g/mol. The molecule has 1 unspecified atom stereocenters. The van der Waals surface area contributed by atoms with Crippen LogP contribution in [0.2, 0.25) is 0 Å². The minimum absolute atomic E-state index is 0.0671. The van der Waals surface area contributed by atoms with E-state index in [1.54, 1.807) is 0 Å². The highest BCUT2D eigenvalue weighted by Gasteiger charge is 2.15. The van der Waals surface area contributed by atoms with Crippen molar-refractivity contribution in [2.45, 2.75) is 32.7 Å². The molecule has 2 aromatic carbocycles. The van der Waals surface area contributed by atoms with Gasteiger partial charge in [-0.05, 0) is 29.7 Å². The van der Waals surface area contributed by atoms with Gasteiger partial charge in [-0.3, -0.25) is 4.79 Å². The summed E-state index contributed by atoms with van der Waals surface area (Å²) in [6.45, 7) is 4.78. The zero-order chi connectivity index (χ0) is 15.1. The molecule has 0 spiro atoms. The van der Waals surface area contributed by atoms with Gasteiger partial charge in [0.05, 0.1) is 6.04 Å². The summed E-state index contributed by atoms with van der Waals surface area (Å²) in [5, 5.41) is 3.28. The smallest absolute Gasteiger partial charge is 0.149 e. The van der Waals surface area contributed by atoms with Crippen molar-refractivity contribution in [1.82, 2.24) is 5.32 Å². The van der Waals surface area contributed by atoms with E-state index in [2.05, 4.69) is 41.7 Å². The van der Waals surface area contributed by atoms with E-state index < -0.39 is 0 Å². The van der Waals surface area contributed by atoms with Gasteiger partial charge in [0.1, 0.15) is 5.78 Å². The first-order valence-electron chi connectivity index (χ1n) is 7.65. The van der Waals surface area contributed by atoms with Crippen molar-refractivity contribution in [2.24, 2.45) is 0 Å². The summed E-state index contributed by atoms with van der Waals surface area (Å²) in [6, 6.07) is 18.8. The number of rotatable bonds is 7. The van der Waals surface area contributed by atoms with Crippen LogP contribution in [-0.4, -0.2) is 18.4 Å². The van der Waals surface area contributed by atoms with Gasteiger partial charge < -0.3 is 5.32 Å². The quantitative estimate of drug-likeness (QED) is 0.835. The molecule has 0 fully saturated rings. The van der Waals surface area contributed by atoms with E-state index in [0.29, 0.717) is 6.42 Å². The molecule has 2 heteroatoms. The molecule has 110 valence electrons. The Hall–Kier alpha value is -1.93. The van der Waals surface area contributed by atoms with Crippen LogP contribution in [0.5, 0.6) is 0 Å². The van der Waals surface area contributed by atoms with E-state index in [-0.39, 0.29) is 11.8 Å². The van der Waals surface area contributed by atoms with Gasteiger partial charge in [0.2, 0.25) is 0 Å². The monoisotopic (exact) mass is 281 g/mol. The summed E-state index contributed by atoms with van der Waals surface area (Å²) in [5.41, 5.74) is 3.63. The first-order chi connectivity index (χ1) is 10.2. The van der Waals surface area contributed by atoms with Crippen molar-refractivity contribution in [3.63, 3.8) is 0 Å². The summed E-state index contributed by atoms with van der Waals surface area (Å²) in [7, 11) is 0. The largest absolute Gasteiger partial charge is 0.307 e. The highest BCUT2D eigenvalue weighted by molar-refractivity contribution is 5.84. The molecule has 2 aromatic rings. The fourth-order valence-corrected chi connectivity index (χ4v) is 2.49. The molecule has 0 amide bonds. The lowest BCUT2D eigenvalue weighted by molar-refractivity contribution is -0.120. The topological polar surface area (TPSA) is 29.1 Å². The van der Waals surface area contributed by atoms with Crippen LogP contribution in [0.15, 0.2) is 54.6 Å². The van der Waals surface area contributed by atoms with Crippen LogP contribution in [0.4, 0.5) is 0 Å². The third-order valence-electron chi connectivity index (χ3n) is 3.69. The van der Waals surface area contributed by atoms with Gasteiger partial charge in [0.15, 0.2) is 0 Å². The molecule has 2 rings (SSSR count). The maximum atomic E-state index is 11.9. The molecule has 1 N–H and O–H groups in total. The van der Waals surface area contributed by atoms with Gasteiger partial charge in [-0.1, -0.05) is 68.4 Å². The van der Waals surface area contributed by atoms with Crippen LogP contribution in [0, 0.1) is 0 Å². The van der Waals surface area contributed by atoms with Gasteiger partial charge in [-0.15, -0.1) is 0 Å². The molecule has 21 heavy (non-hydrogen) atoms. The van der Waals surface area contributed by atoms with Crippen molar-refractivity contribution < 1.29 is 4.79 Å².